The molecule has 1 saturated carbocycles. The summed E-state index contributed by atoms with van der Waals surface area (Å²) < 4.78 is 11.8. The topological polar surface area (TPSA) is 21.8 Å². The zero-order valence-corrected chi connectivity index (χ0v) is 13.3. The molecule has 0 aromatic rings. The van der Waals surface area contributed by atoms with Gasteiger partial charge in [-0.2, -0.15) is 0 Å². The second-order valence-electron chi connectivity index (χ2n) is 7.05. The fraction of sp³-hybridized carbons (Fsp3) is 1.00. The molecule has 5 unspecified atom stereocenters. The highest BCUT2D eigenvalue weighted by atomic mass is 16.6. The van der Waals surface area contributed by atoms with Crippen LogP contribution in [0.2, 0.25) is 0 Å². The number of ether oxygens (including phenoxy) is 2. The minimum atomic E-state index is 0.225. The maximum atomic E-state index is 6.04. The molecular formula is C17H32O2. The van der Waals surface area contributed by atoms with Gasteiger partial charge in [0.15, 0.2) is 0 Å². The van der Waals surface area contributed by atoms with E-state index in [1.165, 1.54) is 38.5 Å². The van der Waals surface area contributed by atoms with Gasteiger partial charge >= 0.3 is 0 Å². The van der Waals surface area contributed by atoms with E-state index in [0.717, 1.165) is 25.0 Å². The highest BCUT2D eigenvalue weighted by molar-refractivity contribution is 5.05. The molecule has 0 radical (unpaired) electrons. The minimum Gasteiger partial charge on any atom is -0.381 e. The summed E-state index contributed by atoms with van der Waals surface area (Å²) in [6.07, 6.45) is 8.19. The van der Waals surface area contributed by atoms with E-state index in [1.807, 2.05) is 0 Å². The molecule has 0 aromatic carbocycles. The van der Waals surface area contributed by atoms with Crippen LogP contribution in [0.15, 0.2) is 0 Å². The molecule has 0 spiro atoms. The zero-order valence-electron chi connectivity index (χ0n) is 13.3. The molecule has 1 saturated heterocycles. The molecule has 0 N–H and O–H groups in total. The first-order valence-corrected chi connectivity index (χ1v) is 8.34. The van der Waals surface area contributed by atoms with Crippen molar-refractivity contribution in [1.29, 1.82) is 0 Å². The van der Waals surface area contributed by atoms with Crippen LogP contribution in [0.3, 0.4) is 0 Å². The smallest absolute Gasteiger partial charge is 0.0923 e. The van der Waals surface area contributed by atoms with Crippen molar-refractivity contribution in [2.24, 2.45) is 17.8 Å². The van der Waals surface area contributed by atoms with Crippen molar-refractivity contribution < 1.29 is 9.47 Å². The van der Waals surface area contributed by atoms with Crippen molar-refractivity contribution >= 4 is 0 Å². The number of fused-ring (bicyclic) bond motifs is 1. The van der Waals surface area contributed by atoms with E-state index >= 15 is 0 Å². The quantitative estimate of drug-likeness (QED) is 0.608. The third-order valence-electron chi connectivity index (χ3n) is 5.31. The van der Waals surface area contributed by atoms with Crippen LogP contribution in [-0.4, -0.2) is 24.9 Å². The summed E-state index contributed by atoms with van der Waals surface area (Å²) in [6, 6.07) is 0. The maximum Gasteiger partial charge on any atom is 0.0923 e. The van der Waals surface area contributed by atoms with Crippen LogP contribution in [0.25, 0.3) is 0 Å². The maximum absolute atomic E-state index is 6.04. The third-order valence-corrected chi connectivity index (χ3v) is 5.31. The van der Waals surface area contributed by atoms with Gasteiger partial charge in [-0.3, -0.25) is 0 Å². The van der Waals surface area contributed by atoms with Gasteiger partial charge in [0.25, 0.3) is 0 Å². The summed E-state index contributed by atoms with van der Waals surface area (Å²) in [7, 11) is 0. The molecule has 2 fully saturated rings. The van der Waals surface area contributed by atoms with Crippen LogP contribution < -0.4 is 0 Å². The Morgan fingerprint density at radius 3 is 2.84 bits per heavy atom. The molecule has 0 bridgehead atoms. The molecular weight excluding hydrogens is 236 g/mol. The number of rotatable bonds is 8. The van der Waals surface area contributed by atoms with E-state index in [-0.39, 0.29) is 5.60 Å². The second-order valence-corrected chi connectivity index (χ2v) is 7.05. The number of hydrogen-bond acceptors (Lipinski definition) is 2. The molecule has 2 aliphatic rings. The van der Waals surface area contributed by atoms with Gasteiger partial charge in [-0.05, 0) is 43.9 Å². The standard InChI is InChI=1S/C17H32O2/c1-5-7-8-14(6-2)11-18-12-15-9-16-17(4,19-16)10-13(15)3/h13-16H,5-12H2,1-4H3. The Morgan fingerprint density at radius 1 is 1.37 bits per heavy atom. The second kappa shape index (κ2) is 6.58. The Bertz CT molecular complexity index is 278. The monoisotopic (exact) mass is 268 g/mol. The highest BCUT2D eigenvalue weighted by Gasteiger charge is 2.57. The molecule has 1 aliphatic carbocycles. The van der Waals surface area contributed by atoms with Crippen molar-refractivity contribution in [1.82, 2.24) is 0 Å². The molecule has 112 valence electrons. The lowest BCUT2D eigenvalue weighted by molar-refractivity contribution is 0.0408. The lowest BCUT2D eigenvalue weighted by Crippen LogP contribution is -2.31. The fourth-order valence-corrected chi connectivity index (χ4v) is 3.60. The van der Waals surface area contributed by atoms with Gasteiger partial charge in [0.05, 0.1) is 11.7 Å². The summed E-state index contributed by atoms with van der Waals surface area (Å²) in [5.74, 6) is 2.23. The molecule has 0 aromatic heterocycles. The highest BCUT2D eigenvalue weighted by Crippen LogP contribution is 2.51. The van der Waals surface area contributed by atoms with E-state index in [2.05, 4.69) is 27.7 Å². The predicted molar refractivity (Wildman–Crippen MR) is 79.3 cm³/mol. The molecule has 0 amide bonds. The summed E-state index contributed by atoms with van der Waals surface area (Å²) in [5.41, 5.74) is 0.225. The first-order valence-electron chi connectivity index (χ1n) is 8.34. The van der Waals surface area contributed by atoms with Crippen molar-refractivity contribution in [3.63, 3.8) is 0 Å². The Balaban J connectivity index is 1.65. The predicted octanol–water partition coefficient (Wildman–Crippen LogP) is 4.42. The van der Waals surface area contributed by atoms with Crippen molar-refractivity contribution in [3.05, 3.63) is 0 Å². The van der Waals surface area contributed by atoms with Gasteiger partial charge in [-0.25, -0.2) is 0 Å². The average molecular weight is 268 g/mol. The van der Waals surface area contributed by atoms with Gasteiger partial charge in [0.2, 0.25) is 0 Å². The van der Waals surface area contributed by atoms with Crippen LogP contribution in [0, 0.1) is 17.8 Å². The summed E-state index contributed by atoms with van der Waals surface area (Å²) in [6.45, 7) is 11.1. The largest absolute Gasteiger partial charge is 0.381 e. The summed E-state index contributed by atoms with van der Waals surface area (Å²) >= 11 is 0. The zero-order chi connectivity index (χ0) is 13.9. The van der Waals surface area contributed by atoms with Crippen LogP contribution in [0.5, 0.6) is 0 Å². The summed E-state index contributed by atoms with van der Waals surface area (Å²) in [4.78, 5) is 0. The van der Waals surface area contributed by atoms with Crippen LogP contribution in [0.1, 0.15) is 66.2 Å². The number of epoxide rings is 1. The number of hydrogen-bond donors (Lipinski definition) is 0. The lowest BCUT2D eigenvalue weighted by atomic mass is 9.76. The normalized spacial score (nSPS) is 38.8. The number of unbranched alkanes of at least 4 members (excludes halogenated alkanes) is 1. The molecule has 2 heteroatoms. The van der Waals surface area contributed by atoms with Crippen LogP contribution in [-0.2, 0) is 9.47 Å². The first kappa shape index (κ1) is 15.3. The third kappa shape index (κ3) is 3.95. The summed E-state index contributed by atoms with van der Waals surface area (Å²) in [5, 5.41) is 0. The van der Waals surface area contributed by atoms with E-state index in [0.29, 0.717) is 12.0 Å². The molecule has 1 heterocycles. The lowest BCUT2D eigenvalue weighted by Gasteiger charge is -2.29. The van der Waals surface area contributed by atoms with Crippen molar-refractivity contribution in [2.75, 3.05) is 13.2 Å². The van der Waals surface area contributed by atoms with Crippen LogP contribution >= 0.6 is 0 Å². The SMILES string of the molecule is CCCCC(CC)COCC1CC2OC2(C)CC1C. The average Bonchev–Trinajstić information content (AvgIpc) is 3.03. The molecule has 2 nitrogen and oxygen atoms in total. The molecule has 2 rings (SSSR count). The minimum absolute atomic E-state index is 0.225. The van der Waals surface area contributed by atoms with Gasteiger partial charge in [-0.1, -0.05) is 40.0 Å². The Labute approximate surface area is 119 Å². The van der Waals surface area contributed by atoms with E-state index in [4.69, 9.17) is 9.47 Å². The van der Waals surface area contributed by atoms with Gasteiger partial charge in [0, 0.05) is 13.2 Å². The van der Waals surface area contributed by atoms with Gasteiger partial charge in [0.1, 0.15) is 0 Å². The Morgan fingerprint density at radius 2 is 2.16 bits per heavy atom. The van der Waals surface area contributed by atoms with Crippen molar-refractivity contribution in [2.45, 2.75) is 77.9 Å². The fourth-order valence-electron chi connectivity index (χ4n) is 3.60. The van der Waals surface area contributed by atoms with Gasteiger partial charge < -0.3 is 9.47 Å². The van der Waals surface area contributed by atoms with E-state index < -0.39 is 0 Å². The van der Waals surface area contributed by atoms with Gasteiger partial charge in [-0.15, -0.1) is 0 Å². The molecule has 19 heavy (non-hydrogen) atoms. The first-order chi connectivity index (χ1) is 9.09. The van der Waals surface area contributed by atoms with Crippen molar-refractivity contribution in [3.8, 4) is 0 Å². The Kier molecular flexibility index (Phi) is 5.30. The molecule has 5 atom stereocenters. The Hall–Kier alpha value is -0.0800. The van der Waals surface area contributed by atoms with E-state index in [9.17, 15) is 0 Å². The van der Waals surface area contributed by atoms with Crippen LogP contribution in [0.4, 0.5) is 0 Å². The van der Waals surface area contributed by atoms with E-state index in [1.54, 1.807) is 0 Å². The molecule has 1 aliphatic heterocycles.